The minimum Gasteiger partial charge on any atom is -0.408 e. The highest BCUT2D eigenvalue weighted by Crippen LogP contribution is 2.31. The third kappa shape index (κ3) is 2.32. The molecular formula is C14H18N2O2. The molecule has 4 heteroatoms. The maximum atomic E-state index is 11.9. The molecule has 2 aromatic rings. The van der Waals surface area contributed by atoms with E-state index in [0.29, 0.717) is 5.75 Å². The average molecular weight is 246 g/mol. The van der Waals surface area contributed by atoms with Crippen LogP contribution in [0.1, 0.15) is 26.3 Å². The standard InChI is InChI=1S/C14H18N2O2/c1-14(2,3)11-7-5-6-8-12(11)18-13(17)16-10-9-15(16)4/h5-10H,1-4H3. The first-order valence-electron chi connectivity index (χ1n) is 5.91. The predicted molar refractivity (Wildman–Crippen MR) is 70.0 cm³/mol. The second-order valence-electron chi connectivity index (χ2n) is 5.33. The molecule has 0 N–H and O–H groups in total. The van der Waals surface area contributed by atoms with Crippen LogP contribution in [0, 0.1) is 0 Å². The fraction of sp³-hybridized carbons (Fsp3) is 0.357. The maximum absolute atomic E-state index is 11.9. The molecule has 0 aliphatic carbocycles. The molecule has 0 saturated heterocycles. The Hall–Kier alpha value is -1.97. The Labute approximate surface area is 107 Å². The van der Waals surface area contributed by atoms with Crippen molar-refractivity contribution in [3.63, 3.8) is 0 Å². The highest BCUT2D eigenvalue weighted by Gasteiger charge is 2.20. The fourth-order valence-electron chi connectivity index (χ4n) is 1.77. The van der Waals surface area contributed by atoms with Gasteiger partial charge in [0.1, 0.15) is 5.75 Å². The van der Waals surface area contributed by atoms with Gasteiger partial charge in [0.2, 0.25) is 0 Å². The van der Waals surface area contributed by atoms with E-state index in [1.165, 1.54) is 4.68 Å². The van der Waals surface area contributed by atoms with E-state index in [2.05, 4.69) is 20.8 Å². The molecule has 0 amide bonds. The Bertz CT molecular complexity index is 558. The minimum atomic E-state index is -0.392. The van der Waals surface area contributed by atoms with Crippen LogP contribution in [0.15, 0.2) is 36.7 Å². The molecule has 1 aromatic heterocycles. The molecule has 96 valence electrons. The number of hydrogen-bond acceptors (Lipinski definition) is 2. The first-order chi connectivity index (χ1) is 8.39. The lowest BCUT2D eigenvalue weighted by molar-refractivity contribution is 0.191. The quantitative estimate of drug-likeness (QED) is 0.774. The van der Waals surface area contributed by atoms with Gasteiger partial charge in [-0.3, -0.25) is 4.68 Å². The Morgan fingerprint density at radius 3 is 2.33 bits per heavy atom. The number of carbonyl (C=O) groups is 1. The third-order valence-electron chi connectivity index (χ3n) is 2.84. The van der Waals surface area contributed by atoms with E-state index in [9.17, 15) is 4.79 Å². The molecule has 0 fully saturated rings. The molecule has 2 rings (SSSR count). The van der Waals surface area contributed by atoms with Crippen LogP contribution < -0.4 is 4.74 Å². The number of ether oxygens (including phenoxy) is 1. The Balaban J connectivity index is 2.26. The first kappa shape index (κ1) is 12.5. The van der Waals surface area contributed by atoms with Gasteiger partial charge in [-0.15, -0.1) is 0 Å². The monoisotopic (exact) mass is 246 g/mol. The summed E-state index contributed by atoms with van der Waals surface area (Å²) in [4.78, 5) is 11.9. The Morgan fingerprint density at radius 2 is 1.83 bits per heavy atom. The van der Waals surface area contributed by atoms with Crippen molar-refractivity contribution in [2.24, 2.45) is 7.05 Å². The molecule has 0 saturated carbocycles. The third-order valence-corrected chi connectivity index (χ3v) is 2.84. The lowest BCUT2D eigenvalue weighted by Gasteiger charge is -2.23. The summed E-state index contributed by atoms with van der Waals surface area (Å²) in [6.07, 6.45) is 3.07. The zero-order valence-electron chi connectivity index (χ0n) is 11.2. The van der Waals surface area contributed by atoms with E-state index in [1.54, 1.807) is 24.1 Å². The topological polar surface area (TPSA) is 36.2 Å². The fourth-order valence-corrected chi connectivity index (χ4v) is 1.77. The maximum Gasteiger partial charge on any atom is 0.438 e. The largest absolute Gasteiger partial charge is 0.438 e. The highest BCUT2D eigenvalue weighted by molar-refractivity contribution is 5.73. The van der Waals surface area contributed by atoms with Gasteiger partial charge in [-0.05, 0) is 11.5 Å². The lowest BCUT2D eigenvalue weighted by Crippen LogP contribution is -2.28. The summed E-state index contributed by atoms with van der Waals surface area (Å²) in [7, 11) is 1.79. The van der Waals surface area contributed by atoms with E-state index in [4.69, 9.17) is 4.74 Å². The van der Waals surface area contributed by atoms with Crippen LogP contribution in [0.3, 0.4) is 0 Å². The molecule has 0 aliphatic heterocycles. The van der Waals surface area contributed by atoms with Gasteiger partial charge in [0.05, 0.1) is 6.20 Å². The van der Waals surface area contributed by atoms with Crippen molar-refractivity contribution in [2.75, 3.05) is 0 Å². The highest BCUT2D eigenvalue weighted by atomic mass is 16.6. The van der Waals surface area contributed by atoms with Gasteiger partial charge in [-0.2, -0.15) is 4.68 Å². The summed E-state index contributed by atoms with van der Waals surface area (Å²) < 4.78 is 8.53. The van der Waals surface area contributed by atoms with Gasteiger partial charge in [-0.25, -0.2) is 4.79 Å². The Kier molecular flexibility index (Phi) is 3.03. The molecule has 18 heavy (non-hydrogen) atoms. The van der Waals surface area contributed by atoms with Crippen LogP contribution in [-0.2, 0) is 12.5 Å². The molecule has 0 unspecified atom stereocenters. The van der Waals surface area contributed by atoms with Crippen molar-refractivity contribution in [1.82, 2.24) is 9.36 Å². The second-order valence-corrected chi connectivity index (χ2v) is 5.33. The van der Waals surface area contributed by atoms with E-state index in [-0.39, 0.29) is 5.41 Å². The average Bonchev–Trinajstić information content (AvgIpc) is 2.26. The van der Waals surface area contributed by atoms with E-state index in [0.717, 1.165) is 5.56 Å². The zero-order chi connectivity index (χ0) is 13.3. The number of aromatic nitrogens is 2. The number of aryl methyl sites for hydroxylation is 1. The number of rotatable bonds is 1. The van der Waals surface area contributed by atoms with Gasteiger partial charge in [0, 0.05) is 18.8 Å². The summed E-state index contributed by atoms with van der Waals surface area (Å²) in [6.45, 7) is 6.28. The van der Waals surface area contributed by atoms with Gasteiger partial charge >= 0.3 is 6.09 Å². The summed E-state index contributed by atoms with van der Waals surface area (Å²) in [5.74, 6) is 0.615. The summed E-state index contributed by atoms with van der Waals surface area (Å²) in [5.41, 5.74) is 0.957. The number of carbonyl (C=O) groups excluding carboxylic acids is 1. The molecule has 0 bridgehead atoms. The van der Waals surface area contributed by atoms with Gasteiger partial charge in [-0.1, -0.05) is 39.0 Å². The molecule has 1 aromatic carbocycles. The van der Waals surface area contributed by atoms with Crippen LogP contribution in [0.5, 0.6) is 5.75 Å². The first-order valence-corrected chi connectivity index (χ1v) is 5.91. The van der Waals surface area contributed by atoms with Gasteiger partial charge in [0.25, 0.3) is 0 Å². The van der Waals surface area contributed by atoms with Crippen molar-refractivity contribution in [3.05, 3.63) is 42.2 Å². The molecule has 0 radical (unpaired) electrons. The normalized spacial score (nSPS) is 11.6. The van der Waals surface area contributed by atoms with Crippen molar-refractivity contribution < 1.29 is 9.53 Å². The van der Waals surface area contributed by atoms with Crippen molar-refractivity contribution in [2.45, 2.75) is 26.2 Å². The van der Waals surface area contributed by atoms with Crippen molar-refractivity contribution in [1.29, 1.82) is 0 Å². The second kappa shape index (κ2) is 4.37. The van der Waals surface area contributed by atoms with Crippen LogP contribution >= 0.6 is 0 Å². The zero-order valence-corrected chi connectivity index (χ0v) is 11.2. The van der Waals surface area contributed by atoms with Crippen LogP contribution in [0.4, 0.5) is 4.79 Å². The van der Waals surface area contributed by atoms with E-state index < -0.39 is 6.09 Å². The molecule has 0 spiro atoms. The van der Waals surface area contributed by atoms with Crippen LogP contribution in [-0.4, -0.2) is 15.5 Å². The predicted octanol–water partition coefficient (Wildman–Crippen LogP) is 3.17. The number of benzene rings is 1. The molecule has 0 aliphatic rings. The summed E-state index contributed by atoms with van der Waals surface area (Å²) in [6, 6.07) is 7.63. The molecule has 4 nitrogen and oxygen atoms in total. The number of para-hydroxylation sites is 1. The van der Waals surface area contributed by atoms with Crippen molar-refractivity contribution >= 4 is 6.09 Å². The van der Waals surface area contributed by atoms with E-state index in [1.807, 2.05) is 24.3 Å². The van der Waals surface area contributed by atoms with E-state index >= 15 is 0 Å². The SMILES string of the molecule is Cn1ccn1C(=O)Oc1ccccc1C(C)(C)C. The number of hydrogen-bond donors (Lipinski definition) is 0. The van der Waals surface area contributed by atoms with Crippen molar-refractivity contribution in [3.8, 4) is 5.75 Å². The molecule has 1 heterocycles. The van der Waals surface area contributed by atoms with Gasteiger partial charge < -0.3 is 4.74 Å². The number of nitrogens with zero attached hydrogens (tertiary/aromatic N) is 2. The lowest BCUT2D eigenvalue weighted by atomic mass is 9.86. The summed E-state index contributed by atoms with van der Waals surface area (Å²) in [5, 5.41) is 0. The Morgan fingerprint density at radius 1 is 1.17 bits per heavy atom. The van der Waals surface area contributed by atoms with Gasteiger partial charge in [0.15, 0.2) is 0 Å². The minimum absolute atomic E-state index is 0.0619. The van der Waals surface area contributed by atoms with Crippen LogP contribution in [0.2, 0.25) is 0 Å². The summed E-state index contributed by atoms with van der Waals surface area (Å²) >= 11 is 0. The molecular weight excluding hydrogens is 228 g/mol. The molecule has 0 atom stereocenters. The smallest absolute Gasteiger partial charge is 0.408 e. The van der Waals surface area contributed by atoms with Crippen LogP contribution in [0.25, 0.3) is 0 Å².